The van der Waals surface area contributed by atoms with Crippen LogP contribution in [0.1, 0.15) is 18.9 Å². The molecule has 0 amide bonds. The normalized spacial score (nSPS) is 11.3. The molecular formula is C13H16N2O4. The highest BCUT2D eigenvalue weighted by Gasteiger charge is 2.11. The van der Waals surface area contributed by atoms with Crippen molar-refractivity contribution in [3.8, 4) is 0 Å². The fraction of sp³-hybridized carbons (Fsp3) is 0.308. The summed E-state index contributed by atoms with van der Waals surface area (Å²) < 4.78 is 0. The van der Waals surface area contributed by atoms with Gasteiger partial charge in [-0.15, -0.1) is 0 Å². The first-order valence-electron chi connectivity index (χ1n) is 5.91. The zero-order valence-electron chi connectivity index (χ0n) is 10.6. The molecule has 1 aromatic rings. The van der Waals surface area contributed by atoms with Crippen molar-refractivity contribution in [3.63, 3.8) is 0 Å². The van der Waals surface area contributed by atoms with Crippen LogP contribution in [-0.2, 0) is 11.3 Å². The summed E-state index contributed by atoms with van der Waals surface area (Å²) in [6, 6.07) is 6.46. The van der Waals surface area contributed by atoms with E-state index in [2.05, 4.69) is 5.32 Å². The molecule has 0 fully saturated rings. The molecule has 1 rings (SSSR count). The van der Waals surface area contributed by atoms with E-state index in [-0.39, 0.29) is 5.69 Å². The summed E-state index contributed by atoms with van der Waals surface area (Å²) in [5.74, 6) is -0.935. The summed E-state index contributed by atoms with van der Waals surface area (Å²) >= 11 is 0. The van der Waals surface area contributed by atoms with Gasteiger partial charge in [-0.3, -0.25) is 10.1 Å². The summed E-state index contributed by atoms with van der Waals surface area (Å²) in [5.41, 5.74) is 0.970. The fourth-order valence-corrected chi connectivity index (χ4v) is 1.62. The highest BCUT2D eigenvalue weighted by Crippen LogP contribution is 2.16. The molecule has 0 radical (unpaired) electrons. The van der Waals surface area contributed by atoms with Gasteiger partial charge in [0, 0.05) is 30.3 Å². The van der Waals surface area contributed by atoms with Crippen molar-refractivity contribution in [2.75, 3.05) is 6.54 Å². The van der Waals surface area contributed by atoms with Crippen LogP contribution in [0.3, 0.4) is 0 Å². The number of aliphatic carboxylic acids is 1. The molecule has 0 aliphatic carbocycles. The molecule has 0 heterocycles. The largest absolute Gasteiger partial charge is 0.478 e. The fourth-order valence-electron chi connectivity index (χ4n) is 1.62. The van der Waals surface area contributed by atoms with Crippen LogP contribution in [0.5, 0.6) is 0 Å². The maximum absolute atomic E-state index is 10.8. The Morgan fingerprint density at radius 3 is 2.74 bits per heavy atom. The molecule has 2 N–H and O–H groups in total. The quantitative estimate of drug-likeness (QED) is 0.340. The summed E-state index contributed by atoms with van der Waals surface area (Å²) in [7, 11) is 0. The molecule has 0 aromatic heterocycles. The maximum atomic E-state index is 10.8. The Morgan fingerprint density at radius 2 is 2.16 bits per heavy atom. The molecule has 1 aromatic carbocycles. The van der Waals surface area contributed by atoms with Crippen molar-refractivity contribution in [1.82, 2.24) is 5.32 Å². The topological polar surface area (TPSA) is 92.5 Å². The molecule has 0 bridgehead atoms. The van der Waals surface area contributed by atoms with Crippen LogP contribution < -0.4 is 5.32 Å². The highest BCUT2D eigenvalue weighted by molar-refractivity contribution is 5.86. The second-order valence-electron chi connectivity index (χ2n) is 3.90. The van der Waals surface area contributed by atoms with Gasteiger partial charge in [0.15, 0.2) is 0 Å². The van der Waals surface area contributed by atoms with Crippen molar-refractivity contribution in [2.24, 2.45) is 0 Å². The van der Waals surface area contributed by atoms with Crippen LogP contribution in [0, 0.1) is 10.1 Å². The maximum Gasteiger partial charge on any atom is 0.331 e. The molecule has 0 aliphatic heterocycles. The number of nitrogens with zero attached hydrogens (tertiary/aromatic N) is 1. The second-order valence-corrected chi connectivity index (χ2v) is 3.90. The number of nitro groups is 1. The van der Waals surface area contributed by atoms with Crippen molar-refractivity contribution < 1.29 is 14.8 Å². The monoisotopic (exact) mass is 264 g/mol. The van der Waals surface area contributed by atoms with E-state index in [1.54, 1.807) is 31.2 Å². The lowest BCUT2D eigenvalue weighted by atomic mass is 10.1. The van der Waals surface area contributed by atoms with Gasteiger partial charge < -0.3 is 10.4 Å². The van der Waals surface area contributed by atoms with Gasteiger partial charge in [-0.05, 0) is 6.42 Å². The van der Waals surface area contributed by atoms with E-state index >= 15 is 0 Å². The van der Waals surface area contributed by atoms with Crippen LogP contribution in [0.2, 0.25) is 0 Å². The number of hydrogen-bond donors (Lipinski definition) is 2. The zero-order chi connectivity index (χ0) is 14.3. The zero-order valence-corrected chi connectivity index (χ0v) is 10.6. The molecule has 6 heteroatoms. The third-order valence-corrected chi connectivity index (χ3v) is 2.65. The van der Waals surface area contributed by atoms with Crippen molar-refractivity contribution in [3.05, 3.63) is 51.6 Å². The standard InChI is InChI=1S/C13H16N2O4/c1-2-10(13(16)17)7-8-14-9-11-5-3-4-6-12(11)15(18)19/h3-7,14H,2,8-9H2,1H3,(H,16,17)/b10-7-. The van der Waals surface area contributed by atoms with E-state index < -0.39 is 10.9 Å². The molecule has 0 spiro atoms. The number of carboxylic acids is 1. The number of nitrogens with one attached hydrogen (secondary N) is 1. The highest BCUT2D eigenvalue weighted by atomic mass is 16.6. The first kappa shape index (κ1) is 14.8. The van der Waals surface area contributed by atoms with Gasteiger partial charge in [0.1, 0.15) is 0 Å². The Bertz CT molecular complexity index is 497. The Labute approximate surface area is 110 Å². The van der Waals surface area contributed by atoms with Crippen LogP contribution in [0.25, 0.3) is 0 Å². The minimum absolute atomic E-state index is 0.0629. The van der Waals surface area contributed by atoms with Gasteiger partial charge >= 0.3 is 5.97 Å². The Morgan fingerprint density at radius 1 is 1.47 bits per heavy atom. The average molecular weight is 264 g/mol. The predicted octanol–water partition coefficient (Wildman–Crippen LogP) is 2.11. The average Bonchev–Trinajstić information content (AvgIpc) is 2.38. The van der Waals surface area contributed by atoms with E-state index in [0.717, 1.165) is 0 Å². The van der Waals surface area contributed by atoms with Gasteiger partial charge in [0.2, 0.25) is 0 Å². The Hall–Kier alpha value is -2.21. The summed E-state index contributed by atoms with van der Waals surface area (Å²) in [4.78, 5) is 21.1. The number of carbonyl (C=O) groups is 1. The summed E-state index contributed by atoms with van der Waals surface area (Å²) in [5, 5.41) is 22.6. The van der Waals surface area contributed by atoms with Crippen LogP contribution >= 0.6 is 0 Å². The van der Waals surface area contributed by atoms with Gasteiger partial charge in [0.25, 0.3) is 5.69 Å². The van der Waals surface area contributed by atoms with Crippen molar-refractivity contribution in [1.29, 1.82) is 0 Å². The van der Waals surface area contributed by atoms with Gasteiger partial charge in [-0.1, -0.05) is 31.2 Å². The minimum Gasteiger partial charge on any atom is -0.478 e. The molecule has 0 aliphatic rings. The molecule has 0 atom stereocenters. The SMILES string of the molecule is CC/C(=C/CNCc1ccccc1[N+](=O)[O-])C(=O)O. The number of rotatable bonds is 7. The third-order valence-electron chi connectivity index (χ3n) is 2.65. The lowest BCUT2D eigenvalue weighted by Gasteiger charge is -2.04. The van der Waals surface area contributed by atoms with E-state index in [1.807, 2.05) is 0 Å². The molecule has 0 saturated carbocycles. The molecule has 102 valence electrons. The number of hydrogen-bond acceptors (Lipinski definition) is 4. The predicted molar refractivity (Wildman–Crippen MR) is 70.8 cm³/mol. The van der Waals surface area contributed by atoms with E-state index in [4.69, 9.17) is 5.11 Å². The van der Waals surface area contributed by atoms with Crippen LogP contribution in [0.15, 0.2) is 35.9 Å². The first-order chi connectivity index (χ1) is 9.06. The lowest BCUT2D eigenvalue weighted by molar-refractivity contribution is -0.385. The number of carboxylic acid groups (broad SMARTS) is 1. The van der Waals surface area contributed by atoms with Crippen molar-refractivity contribution >= 4 is 11.7 Å². The lowest BCUT2D eigenvalue weighted by Crippen LogP contribution is -2.15. The smallest absolute Gasteiger partial charge is 0.331 e. The number of nitro benzene ring substituents is 1. The molecular weight excluding hydrogens is 248 g/mol. The first-order valence-corrected chi connectivity index (χ1v) is 5.91. The molecule has 19 heavy (non-hydrogen) atoms. The number of benzene rings is 1. The summed E-state index contributed by atoms with van der Waals surface area (Å²) in [6.45, 7) is 2.45. The van der Waals surface area contributed by atoms with E-state index in [1.165, 1.54) is 6.07 Å². The van der Waals surface area contributed by atoms with Crippen molar-refractivity contribution in [2.45, 2.75) is 19.9 Å². The summed E-state index contributed by atoms with van der Waals surface area (Å²) in [6.07, 6.45) is 2.03. The second kappa shape index (κ2) is 7.27. The Balaban J connectivity index is 2.59. The van der Waals surface area contributed by atoms with Gasteiger partial charge in [0.05, 0.1) is 4.92 Å². The third kappa shape index (κ3) is 4.51. The van der Waals surface area contributed by atoms with E-state index in [0.29, 0.717) is 30.6 Å². The molecule has 0 unspecified atom stereocenters. The Kier molecular flexibility index (Phi) is 5.69. The van der Waals surface area contributed by atoms with E-state index in [9.17, 15) is 14.9 Å². The minimum atomic E-state index is -0.935. The van der Waals surface area contributed by atoms with Crippen LogP contribution in [-0.4, -0.2) is 22.5 Å². The molecule has 0 saturated heterocycles. The molecule has 6 nitrogen and oxygen atoms in total. The van der Waals surface area contributed by atoms with Gasteiger partial charge in [-0.2, -0.15) is 0 Å². The number of para-hydroxylation sites is 1. The van der Waals surface area contributed by atoms with Gasteiger partial charge in [-0.25, -0.2) is 4.79 Å². The van der Waals surface area contributed by atoms with Crippen LogP contribution in [0.4, 0.5) is 5.69 Å².